The number of thiophene rings is 1. The van der Waals surface area contributed by atoms with Crippen molar-refractivity contribution in [2.45, 2.75) is 27.2 Å². The second kappa shape index (κ2) is 6.05. The van der Waals surface area contributed by atoms with Crippen molar-refractivity contribution >= 4 is 28.2 Å². The highest BCUT2D eigenvalue weighted by atomic mass is 32.1. The van der Waals surface area contributed by atoms with Gasteiger partial charge in [0, 0.05) is 16.8 Å². The van der Waals surface area contributed by atoms with Gasteiger partial charge < -0.3 is 10.4 Å². The number of aromatic carboxylic acids is 1. The van der Waals surface area contributed by atoms with E-state index in [9.17, 15) is 14.7 Å². The third-order valence-electron chi connectivity index (χ3n) is 3.18. The van der Waals surface area contributed by atoms with Crippen molar-refractivity contribution in [3.05, 3.63) is 45.6 Å². The Bertz CT molecular complexity index is 690. The second-order valence-corrected chi connectivity index (χ2v) is 5.87. The summed E-state index contributed by atoms with van der Waals surface area (Å²) in [6.07, 6.45) is 2.10. The summed E-state index contributed by atoms with van der Waals surface area (Å²) in [6, 6.07) is 3.41. The van der Waals surface area contributed by atoms with Gasteiger partial charge >= 0.3 is 5.97 Å². The van der Waals surface area contributed by atoms with E-state index in [2.05, 4.69) is 10.3 Å². The molecule has 0 saturated carbocycles. The number of carbonyl (C=O) groups excluding carboxylic acids is 1. The van der Waals surface area contributed by atoms with Gasteiger partial charge in [-0.1, -0.05) is 6.92 Å². The minimum Gasteiger partial charge on any atom is -0.478 e. The number of amides is 1. The molecule has 2 rings (SSSR count). The average Bonchev–Trinajstić information content (AvgIpc) is 2.75. The van der Waals surface area contributed by atoms with E-state index in [0.29, 0.717) is 17.0 Å². The van der Waals surface area contributed by atoms with Gasteiger partial charge in [0.1, 0.15) is 5.00 Å². The standard InChI is InChI=1S/C15H16N2O3S/c1-4-11-9(3)21-14(12(11)15(19)20)17-13(18)10-6-5-8(2)16-7-10/h5-7H,4H2,1-3H3,(H,17,18)(H,19,20). The zero-order valence-electron chi connectivity index (χ0n) is 12.1. The van der Waals surface area contributed by atoms with Crippen molar-refractivity contribution in [2.75, 3.05) is 5.32 Å². The lowest BCUT2D eigenvalue weighted by atomic mass is 10.1. The third kappa shape index (κ3) is 3.11. The Morgan fingerprint density at radius 3 is 2.57 bits per heavy atom. The highest BCUT2D eigenvalue weighted by molar-refractivity contribution is 7.16. The molecule has 5 nitrogen and oxygen atoms in total. The predicted molar refractivity (Wildman–Crippen MR) is 82.3 cm³/mol. The van der Waals surface area contributed by atoms with Crippen LogP contribution in [0.25, 0.3) is 0 Å². The van der Waals surface area contributed by atoms with Crippen LogP contribution >= 0.6 is 11.3 Å². The average molecular weight is 304 g/mol. The van der Waals surface area contributed by atoms with E-state index in [-0.39, 0.29) is 11.5 Å². The first-order valence-electron chi connectivity index (χ1n) is 6.53. The smallest absolute Gasteiger partial charge is 0.339 e. The maximum Gasteiger partial charge on any atom is 0.339 e. The van der Waals surface area contributed by atoms with Crippen molar-refractivity contribution < 1.29 is 14.7 Å². The quantitative estimate of drug-likeness (QED) is 0.908. The molecule has 0 aliphatic heterocycles. The van der Waals surface area contributed by atoms with Gasteiger partial charge in [-0.25, -0.2) is 4.79 Å². The molecule has 2 aromatic heterocycles. The highest BCUT2D eigenvalue weighted by Gasteiger charge is 2.22. The number of aromatic nitrogens is 1. The Hall–Kier alpha value is -2.21. The first kappa shape index (κ1) is 15.2. The molecule has 0 atom stereocenters. The summed E-state index contributed by atoms with van der Waals surface area (Å²) in [5.41, 5.74) is 2.18. The summed E-state index contributed by atoms with van der Waals surface area (Å²) in [4.78, 5) is 28.6. The molecule has 6 heteroatoms. The number of hydrogen-bond acceptors (Lipinski definition) is 4. The van der Waals surface area contributed by atoms with Crippen LogP contribution in [0.4, 0.5) is 5.00 Å². The molecule has 0 unspecified atom stereocenters. The number of anilines is 1. The fraction of sp³-hybridized carbons (Fsp3) is 0.267. The molecule has 0 saturated heterocycles. The van der Waals surface area contributed by atoms with Crippen molar-refractivity contribution in [1.82, 2.24) is 4.98 Å². The van der Waals surface area contributed by atoms with Crippen LogP contribution in [0.2, 0.25) is 0 Å². The van der Waals surface area contributed by atoms with E-state index >= 15 is 0 Å². The number of hydrogen-bond donors (Lipinski definition) is 2. The SMILES string of the molecule is CCc1c(C)sc(NC(=O)c2ccc(C)nc2)c1C(=O)O. The topological polar surface area (TPSA) is 79.3 Å². The molecule has 0 aliphatic rings. The molecule has 110 valence electrons. The van der Waals surface area contributed by atoms with Gasteiger partial charge in [0.05, 0.1) is 11.1 Å². The predicted octanol–water partition coefficient (Wildman–Crippen LogP) is 3.27. The number of carboxylic acid groups (broad SMARTS) is 1. The van der Waals surface area contributed by atoms with Crippen LogP contribution in [0, 0.1) is 13.8 Å². The fourth-order valence-corrected chi connectivity index (χ4v) is 3.23. The van der Waals surface area contributed by atoms with E-state index in [1.165, 1.54) is 17.5 Å². The summed E-state index contributed by atoms with van der Waals surface area (Å²) < 4.78 is 0. The zero-order chi connectivity index (χ0) is 15.6. The van der Waals surface area contributed by atoms with Gasteiger partial charge in [-0.2, -0.15) is 0 Å². The van der Waals surface area contributed by atoms with Gasteiger partial charge in [0.15, 0.2) is 0 Å². The maximum atomic E-state index is 12.2. The minimum atomic E-state index is -1.02. The summed E-state index contributed by atoms with van der Waals surface area (Å²) in [6.45, 7) is 5.59. The molecular formula is C15H16N2O3S. The molecule has 2 heterocycles. The Morgan fingerprint density at radius 2 is 2.05 bits per heavy atom. The summed E-state index contributed by atoms with van der Waals surface area (Å²) >= 11 is 1.29. The van der Waals surface area contributed by atoms with Gasteiger partial charge in [0.2, 0.25) is 0 Å². The number of carbonyl (C=O) groups is 2. The monoisotopic (exact) mass is 304 g/mol. The largest absolute Gasteiger partial charge is 0.478 e. The summed E-state index contributed by atoms with van der Waals surface area (Å²) in [7, 11) is 0. The van der Waals surface area contributed by atoms with Crippen LogP contribution in [0.15, 0.2) is 18.3 Å². The molecule has 2 aromatic rings. The molecule has 0 radical (unpaired) electrons. The van der Waals surface area contributed by atoms with E-state index in [4.69, 9.17) is 0 Å². The minimum absolute atomic E-state index is 0.188. The van der Waals surface area contributed by atoms with Crippen molar-refractivity contribution in [1.29, 1.82) is 0 Å². The number of carboxylic acids is 1. The van der Waals surface area contributed by atoms with E-state index in [1.54, 1.807) is 12.1 Å². The molecule has 2 N–H and O–H groups in total. The molecule has 0 bridgehead atoms. The number of nitrogens with zero attached hydrogens (tertiary/aromatic N) is 1. The van der Waals surface area contributed by atoms with Gasteiger partial charge in [-0.05, 0) is 38.0 Å². The number of aryl methyl sites for hydroxylation is 2. The summed E-state index contributed by atoms with van der Waals surface area (Å²) in [5.74, 6) is -1.37. The van der Waals surface area contributed by atoms with Crippen LogP contribution in [-0.4, -0.2) is 22.0 Å². The summed E-state index contributed by atoms with van der Waals surface area (Å²) in [5, 5.41) is 12.4. The van der Waals surface area contributed by atoms with Crippen molar-refractivity contribution in [2.24, 2.45) is 0 Å². The first-order chi connectivity index (χ1) is 9.93. The van der Waals surface area contributed by atoms with Gasteiger partial charge in [0.25, 0.3) is 5.91 Å². The van der Waals surface area contributed by atoms with Gasteiger partial charge in [-0.3, -0.25) is 9.78 Å². The van der Waals surface area contributed by atoms with Crippen LogP contribution < -0.4 is 5.32 Å². The Labute approximate surface area is 126 Å². The molecule has 1 amide bonds. The Balaban J connectivity index is 2.33. The number of nitrogens with one attached hydrogen (secondary N) is 1. The number of pyridine rings is 1. The normalized spacial score (nSPS) is 10.4. The van der Waals surface area contributed by atoms with Crippen LogP contribution in [0.1, 0.15) is 43.8 Å². The third-order valence-corrected chi connectivity index (χ3v) is 4.24. The lowest BCUT2D eigenvalue weighted by Gasteiger charge is -2.05. The first-order valence-corrected chi connectivity index (χ1v) is 7.35. The molecule has 0 aliphatic carbocycles. The Kier molecular flexibility index (Phi) is 4.37. The molecule has 0 spiro atoms. The van der Waals surface area contributed by atoms with Crippen LogP contribution in [-0.2, 0) is 6.42 Å². The lowest BCUT2D eigenvalue weighted by Crippen LogP contribution is -2.14. The maximum absolute atomic E-state index is 12.2. The molecule has 21 heavy (non-hydrogen) atoms. The Morgan fingerprint density at radius 1 is 1.33 bits per heavy atom. The van der Waals surface area contributed by atoms with Crippen LogP contribution in [0.3, 0.4) is 0 Å². The second-order valence-electron chi connectivity index (χ2n) is 4.64. The highest BCUT2D eigenvalue weighted by Crippen LogP contribution is 2.33. The zero-order valence-corrected chi connectivity index (χ0v) is 12.9. The van der Waals surface area contributed by atoms with Crippen molar-refractivity contribution in [3.63, 3.8) is 0 Å². The lowest BCUT2D eigenvalue weighted by molar-refractivity contribution is 0.0697. The molecule has 0 aromatic carbocycles. The van der Waals surface area contributed by atoms with E-state index in [1.807, 2.05) is 20.8 Å². The van der Waals surface area contributed by atoms with E-state index < -0.39 is 5.97 Å². The van der Waals surface area contributed by atoms with E-state index in [0.717, 1.165) is 16.1 Å². The van der Waals surface area contributed by atoms with Crippen molar-refractivity contribution in [3.8, 4) is 0 Å². The van der Waals surface area contributed by atoms with Gasteiger partial charge in [-0.15, -0.1) is 11.3 Å². The number of rotatable bonds is 4. The molecule has 0 fully saturated rings. The van der Waals surface area contributed by atoms with Crippen LogP contribution in [0.5, 0.6) is 0 Å². The fourth-order valence-electron chi connectivity index (χ4n) is 2.10. The molecular weight excluding hydrogens is 288 g/mol.